The third-order valence-electron chi connectivity index (χ3n) is 7.57. The van der Waals surface area contributed by atoms with Crippen LogP contribution in [0.3, 0.4) is 0 Å². The van der Waals surface area contributed by atoms with Crippen molar-refractivity contribution >= 4 is 12.1 Å². The number of carbonyl (C=O) groups is 2. The summed E-state index contributed by atoms with van der Waals surface area (Å²) in [6.45, 7) is 4.70. The Bertz CT molecular complexity index is 599. The zero-order chi connectivity index (χ0) is 15.5. The van der Waals surface area contributed by atoms with Crippen molar-refractivity contribution in [2.75, 3.05) is 0 Å². The molecule has 0 aromatic rings. The number of allylic oxidation sites excluding steroid dienone is 4. The van der Waals surface area contributed by atoms with Crippen molar-refractivity contribution < 1.29 is 9.59 Å². The second-order valence-corrected chi connectivity index (χ2v) is 8.41. The largest absolute Gasteiger partial charge is 0.303 e. The first kappa shape index (κ1) is 14.4. The summed E-state index contributed by atoms with van der Waals surface area (Å²) in [6.07, 6.45) is 12.9. The summed E-state index contributed by atoms with van der Waals surface area (Å²) < 4.78 is 0. The summed E-state index contributed by atoms with van der Waals surface area (Å²) in [7, 11) is 0. The molecule has 118 valence electrons. The third-order valence-corrected chi connectivity index (χ3v) is 7.57. The van der Waals surface area contributed by atoms with Crippen LogP contribution in [0.5, 0.6) is 0 Å². The molecule has 0 N–H and O–H groups in total. The fraction of sp³-hybridized carbons (Fsp3) is 0.700. The van der Waals surface area contributed by atoms with Gasteiger partial charge in [0.2, 0.25) is 0 Å². The van der Waals surface area contributed by atoms with Crippen LogP contribution < -0.4 is 0 Å². The predicted molar refractivity (Wildman–Crippen MR) is 86.2 cm³/mol. The van der Waals surface area contributed by atoms with Gasteiger partial charge in [-0.2, -0.15) is 0 Å². The lowest BCUT2D eigenvalue weighted by atomic mass is 9.51. The summed E-state index contributed by atoms with van der Waals surface area (Å²) in [5.74, 6) is 1.86. The van der Waals surface area contributed by atoms with E-state index in [0.717, 1.165) is 25.7 Å². The van der Waals surface area contributed by atoms with Gasteiger partial charge in [0.25, 0.3) is 0 Å². The van der Waals surface area contributed by atoms with E-state index in [1.807, 2.05) is 6.08 Å². The fourth-order valence-electron chi connectivity index (χ4n) is 6.12. The Morgan fingerprint density at radius 3 is 2.77 bits per heavy atom. The molecule has 2 heteroatoms. The van der Waals surface area contributed by atoms with E-state index >= 15 is 0 Å². The second kappa shape index (κ2) is 4.66. The summed E-state index contributed by atoms with van der Waals surface area (Å²) in [5.41, 5.74) is 3.28. The Morgan fingerprint density at radius 1 is 1.18 bits per heavy atom. The Balaban J connectivity index is 1.75. The number of hydrogen-bond donors (Lipinski definition) is 0. The van der Waals surface area contributed by atoms with Crippen molar-refractivity contribution in [3.63, 3.8) is 0 Å². The van der Waals surface area contributed by atoms with Crippen molar-refractivity contribution in [2.24, 2.45) is 28.6 Å². The molecule has 5 atom stereocenters. The third kappa shape index (κ3) is 1.73. The SMILES string of the molecule is C[C@]12CCC(=O)C=C1CC[C@@H]1C2=CC[C@]2(C)[C@@H](C=O)CC[C@@H]12. The van der Waals surface area contributed by atoms with Gasteiger partial charge < -0.3 is 4.79 Å². The fourth-order valence-corrected chi connectivity index (χ4v) is 6.12. The molecular formula is C20H26O2. The van der Waals surface area contributed by atoms with E-state index in [2.05, 4.69) is 19.9 Å². The van der Waals surface area contributed by atoms with Gasteiger partial charge in [-0.3, -0.25) is 4.79 Å². The van der Waals surface area contributed by atoms with E-state index in [-0.39, 0.29) is 16.7 Å². The quantitative estimate of drug-likeness (QED) is 0.535. The van der Waals surface area contributed by atoms with Crippen LogP contribution in [-0.4, -0.2) is 12.1 Å². The maximum Gasteiger partial charge on any atom is 0.155 e. The van der Waals surface area contributed by atoms with Gasteiger partial charge >= 0.3 is 0 Å². The minimum atomic E-state index is 0.122. The smallest absolute Gasteiger partial charge is 0.155 e. The number of carbonyl (C=O) groups excluding carboxylic acids is 2. The van der Waals surface area contributed by atoms with E-state index in [9.17, 15) is 9.59 Å². The van der Waals surface area contributed by atoms with Crippen molar-refractivity contribution in [2.45, 2.75) is 58.8 Å². The first-order valence-electron chi connectivity index (χ1n) is 8.89. The Labute approximate surface area is 133 Å². The highest BCUT2D eigenvalue weighted by Gasteiger charge is 2.55. The van der Waals surface area contributed by atoms with Crippen molar-refractivity contribution in [1.82, 2.24) is 0 Å². The van der Waals surface area contributed by atoms with Crippen molar-refractivity contribution in [3.05, 3.63) is 23.3 Å². The Hall–Kier alpha value is -1.18. The highest BCUT2D eigenvalue weighted by atomic mass is 16.1. The lowest BCUT2D eigenvalue weighted by molar-refractivity contribution is -0.116. The average molecular weight is 298 g/mol. The van der Waals surface area contributed by atoms with E-state index in [4.69, 9.17) is 0 Å². The van der Waals surface area contributed by atoms with Gasteiger partial charge in [-0.05, 0) is 61.9 Å². The first-order valence-corrected chi connectivity index (χ1v) is 8.89. The van der Waals surface area contributed by atoms with Gasteiger partial charge in [-0.15, -0.1) is 0 Å². The Morgan fingerprint density at radius 2 is 2.00 bits per heavy atom. The number of hydrogen-bond acceptors (Lipinski definition) is 2. The summed E-state index contributed by atoms with van der Waals surface area (Å²) in [4.78, 5) is 23.3. The zero-order valence-corrected chi connectivity index (χ0v) is 13.7. The summed E-state index contributed by atoms with van der Waals surface area (Å²) in [5, 5.41) is 0. The molecule has 4 aliphatic carbocycles. The van der Waals surface area contributed by atoms with E-state index in [0.29, 0.717) is 24.0 Å². The summed E-state index contributed by atoms with van der Waals surface area (Å²) in [6, 6.07) is 0. The molecule has 0 radical (unpaired) electrons. The molecule has 0 aromatic carbocycles. The van der Waals surface area contributed by atoms with Crippen LogP contribution in [0.15, 0.2) is 23.3 Å². The molecule has 0 amide bonds. The molecule has 2 nitrogen and oxygen atoms in total. The molecular weight excluding hydrogens is 272 g/mol. The number of ketones is 1. The van der Waals surface area contributed by atoms with Crippen LogP contribution in [0, 0.1) is 28.6 Å². The van der Waals surface area contributed by atoms with E-state index in [1.54, 1.807) is 5.57 Å². The minimum absolute atomic E-state index is 0.122. The maximum atomic E-state index is 11.8. The summed E-state index contributed by atoms with van der Waals surface area (Å²) >= 11 is 0. The van der Waals surface area contributed by atoms with Crippen LogP contribution in [0.2, 0.25) is 0 Å². The molecule has 0 heterocycles. The molecule has 2 saturated carbocycles. The highest BCUT2D eigenvalue weighted by Crippen LogP contribution is 2.64. The van der Waals surface area contributed by atoms with Gasteiger partial charge in [0, 0.05) is 17.8 Å². The standard InChI is InChI=1S/C20H26O2/c1-19-9-7-15(22)11-13(19)3-5-16-17-6-4-14(12-21)20(17,2)10-8-18(16)19/h8,11-12,14,16-17H,3-7,9-10H2,1-2H3/t14-,16+,17+,19+,20-/m1/s1. The molecule has 22 heavy (non-hydrogen) atoms. The molecule has 0 unspecified atom stereocenters. The van der Waals surface area contributed by atoms with Gasteiger partial charge in [0.15, 0.2) is 5.78 Å². The second-order valence-electron chi connectivity index (χ2n) is 8.41. The van der Waals surface area contributed by atoms with E-state index in [1.165, 1.54) is 24.7 Å². The van der Waals surface area contributed by atoms with Crippen molar-refractivity contribution in [1.29, 1.82) is 0 Å². The normalized spacial score (nSPS) is 47.0. The lowest BCUT2D eigenvalue weighted by Gasteiger charge is -2.53. The molecule has 0 spiro atoms. The van der Waals surface area contributed by atoms with Crippen LogP contribution in [0.25, 0.3) is 0 Å². The zero-order valence-electron chi connectivity index (χ0n) is 13.7. The molecule has 4 aliphatic rings. The molecule has 0 aliphatic heterocycles. The monoisotopic (exact) mass is 298 g/mol. The minimum Gasteiger partial charge on any atom is -0.303 e. The lowest BCUT2D eigenvalue weighted by Crippen LogP contribution is -2.44. The van der Waals surface area contributed by atoms with Crippen molar-refractivity contribution in [3.8, 4) is 0 Å². The van der Waals surface area contributed by atoms with Gasteiger partial charge in [-0.25, -0.2) is 0 Å². The van der Waals surface area contributed by atoms with Crippen LogP contribution in [0.4, 0.5) is 0 Å². The van der Waals surface area contributed by atoms with Gasteiger partial charge in [0.05, 0.1) is 0 Å². The molecule has 0 bridgehead atoms. The Kier molecular flexibility index (Phi) is 3.05. The van der Waals surface area contributed by atoms with Crippen LogP contribution in [0.1, 0.15) is 58.8 Å². The molecule has 4 rings (SSSR count). The average Bonchev–Trinajstić information content (AvgIpc) is 2.84. The predicted octanol–water partition coefficient (Wildman–Crippen LogP) is 4.25. The maximum absolute atomic E-state index is 11.8. The number of fused-ring (bicyclic) bond motifs is 5. The topological polar surface area (TPSA) is 34.1 Å². The first-order chi connectivity index (χ1) is 10.5. The van der Waals surface area contributed by atoms with Crippen LogP contribution >= 0.6 is 0 Å². The molecule has 0 aromatic heterocycles. The van der Waals surface area contributed by atoms with Crippen LogP contribution in [-0.2, 0) is 9.59 Å². The number of aldehydes is 1. The molecule has 2 fully saturated rings. The van der Waals surface area contributed by atoms with E-state index < -0.39 is 0 Å². The van der Waals surface area contributed by atoms with Gasteiger partial charge in [0.1, 0.15) is 6.29 Å². The van der Waals surface area contributed by atoms with Gasteiger partial charge in [-0.1, -0.05) is 31.1 Å². The molecule has 0 saturated heterocycles. The highest BCUT2D eigenvalue weighted by molar-refractivity contribution is 5.92. The number of rotatable bonds is 1.